The number of methoxy groups -OCH3 is 1. The Morgan fingerprint density at radius 1 is 1.24 bits per heavy atom. The number of sulfonamides is 1. The van der Waals surface area contributed by atoms with Gasteiger partial charge in [0.25, 0.3) is 11.5 Å². The van der Waals surface area contributed by atoms with Gasteiger partial charge >= 0.3 is 5.69 Å². The van der Waals surface area contributed by atoms with E-state index in [1.165, 1.54) is 35.9 Å². The third-order valence-electron chi connectivity index (χ3n) is 4.79. The lowest BCUT2D eigenvalue weighted by molar-refractivity contribution is 0.0975. The van der Waals surface area contributed by atoms with E-state index in [-0.39, 0.29) is 47.7 Å². The molecule has 11 nitrogen and oxygen atoms in total. The molecule has 0 fully saturated rings. The highest BCUT2D eigenvalue weighted by Gasteiger charge is 2.26. The number of ether oxygens (including phenoxy) is 1. The number of carbonyl (C=O) groups excluding carboxylic acids is 1. The average molecular weight is 482 g/mol. The minimum Gasteiger partial charge on any atom is -0.383 e. The third kappa shape index (κ3) is 6.30. The molecule has 0 aliphatic rings. The van der Waals surface area contributed by atoms with Crippen molar-refractivity contribution in [2.45, 2.75) is 51.1 Å². The lowest BCUT2D eigenvalue weighted by Gasteiger charge is -2.24. The summed E-state index contributed by atoms with van der Waals surface area (Å²) < 4.78 is 33.5. The van der Waals surface area contributed by atoms with Crippen LogP contribution >= 0.6 is 0 Å². The second-order valence-electron chi connectivity index (χ2n) is 7.75. The summed E-state index contributed by atoms with van der Waals surface area (Å²) in [5.41, 5.74) is 4.69. The zero-order chi connectivity index (χ0) is 24.8. The van der Waals surface area contributed by atoms with E-state index >= 15 is 0 Å². The summed E-state index contributed by atoms with van der Waals surface area (Å²) in [4.78, 5) is 41.6. The Kier molecular flexibility index (Phi) is 8.97. The molecule has 0 saturated heterocycles. The molecule has 0 saturated carbocycles. The molecule has 0 atom stereocenters. The molecule has 0 aliphatic carbocycles. The number of unbranched alkanes of at least 4 members (excludes halogenated alkanes) is 1. The molecule has 1 heterocycles. The van der Waals surface area contributed by atoms with E-state index in [4.69, 9.17) is 10.5 Å². The maximum Gasteiger partial charge on any atom is 0.330 e. The van der Waals surface area contributed by atoms with Crippen molar-refractivity contribution in [2.75, 3.05) is 30.9 Å². The molecular weight excluding hydrogens is 450 g/mol. The first-order valence-corrected chi connectivity index (χ1v) is 12.1. The van der Waals surface area contributed by atoms with Gasteiger partial charge in [-0.25, -0.2) is 17.9 Å². The number of H-pyrrole nitrogens is 1. The van der Waals surface area contributed by atoms with Crippen LogP contribution in [-0.4, -0.2) is 50.2 Å². The standard InChI is InChI=1S/C21H31N5O6S/c1-5-6-11-26-18(22)17(19(27)23-21(26)29)25(12-13-32-4)20(28)15-7-9-16(10-8-15)33(30,31)24-14(2)3/h7-10,14,24H,5-6,11-13,22H2,1-4H3,(H,23,27,29). The van der Waals surface area contributed by atoms with Crippen LogP contribution < -0.4 is 26.6 Å². The maximum absolute atomic E-state index is 13.3. The van der Waals surface area contributed by atoms with Crippen LogP contribution in [0.4, 0.5) is 11.5 Å². The molecule has 1 aromatic heterocycles. The minimum absolute atomic E-state index is 0.00154. The number of hydrogen-bond donors (Lipinski definition) is 3. The van der Waals surface area contributed by atoms with E-state index in [0.717, 1.165) is 11.3 Å². The van der Waals surface area contributed by atoms with E-state index < -0.39 is 27.2 Å². The zero-order valence-corrected chi connectivity index (χ0v) is 20.1. The molecule has 2 rings (SSSR count). The number of aromatic nitrogens is 2. The molecule has 1 aromatic carbocycles. The van der Waals surface area contributed by atoms with Gasteiger partial charge in [-0.1, -0.05) is 13.3 Å². The second-order valence-corrected chi connectivity index (χ2v) is 9.46. The van der Waals surface area contributed by atoms with Crippen molar-refractivity contribution in [1.29, 1.82) is 0 Å². The number of nitrogen functional groups attached to an aromatic ring is 1. The number of nitrogens with one attached hydrogen (secondary N) is 2. The van der Waals surface area contributed by atoms with Gasteiger partial charge in [0.15, 0.2) is 5.69 Å². The highest BCUT2D eigenvalue weighted by Crippen LogP contribution is 2.21. The van der Waals surface area contributed by atoms with Crippen LogP contribution in [0.2, 0.25) is 0 Å². The van der Waals surface area contributed by atoms with Gasteiger partial charge in [-0.15, -0.1) is 0 Å². The highest BCUT2D eigenvalue weighted by molar-refractivity contribution is 7.89. The molecule has 33 heavy (non-hydrogen) atoms. The zero-order valence-electron chi connectivity index (χ0n) is 19.3. The van der Waals surface area contributed by atoms with E-state index in [9.17, 15) is 22.8 Å². The van der Waals surface area contributed by atoms with Gasteiger partial charge in [-0.2, -0.15) is 0 Å². The molecule has 2 aromatic rings. The van der Waals surface area contributed by atoms with Crippen LogP contribution in [0.25, 0.3) is 0 Å². The molecule has 4 N–H and O–H groups in total. The molecule has 0 aliphatic heterocycles. The molecule has 12 heteroatoms. The molecule has 0 unspecified atom stereocenters. The molecular formula is C21H31N5O6S. The molecule has 182 valence electrons. The number of aromatic amines is 1. The number of amides is 1. The lowest BCUT2D eigenvalue weighted by atomic mass is 10.2. The lowest BCUT2D eigenvalue weighted by Crippen LogP contribution is -2.42. The fourth-order valence-electron chi connectivity index (χ4n) is 3.18. The fraction of sp³-hybridized carbons (Fsp3) is 0.476. The van der Waals surface area contributed by atoms with Gasteiger partial charge in [-0.05, 0) is 44.5 Å². The van der Waals surface area contributed by atoms with Gasteiger partial charge in [0.2, 0.25) is 10.0 Å². The topological polar surface area (TPSA) is 157 Å². The quantitative estimate of drug-likeness (QED) is 0.430. The van der Waals surface area contributed by atoms with Crippen molar-refractivity contribution in [3.05, 3.63) is 50.7 Å². The summed E-state index contributed by atoms with van der Waals surface area (Å²) in [7, 11) is -2.29. The van der Waals surface area contributed by atoms with Crippen LogP contribution in [-0.2, 0) is 21.3 Å². The monoisotopic (exact) mass is 481 g/mol. The second kappa shape index (κ2) is 11.3. The maximum atomic E-state index is 13.3. The third-order valence-corrected chi connectivity index (χ3v) is 6.46. The molecule has 0 radical (unpaired) electrons. The predicted molar refractivity (Wildman–Crippen MR) is 126 cm³/mol. The Labute approximate surface area is 192 Å². The Bertz CT molecular complexity index is 1190. The van der Waals surface area contributed by atoms with Crippen molar-refractivity contribution < 1.29 is 17.9 Å². The van der Waals surface area contributed by atoms with Crippen molar-refractivity contribution in [3.63, 3.8) is 0 Å². The number of hydrogen-bond acceptors (Lipinski definition) is 7. The molecule has 0 spiro atoms. The number of nitrogens with two attached hydrogens (primary N) is 1. The average Bonchev–Trinajstić information content (AvgIpc) is 2.74. The predicted octanol–water partition coefficient (Wildman–Crippen LogP) is 0.899. The van der Waals surface area contributed by atoms with Crippen molar-refractivity contribution in [1.82, 2.24) is 14.3 Å². The number of anilines is 2. The van der Waals surface area contributed by atoms with Crippen LogP contribution in [0.15, 0.2) is 38.8 Å². The van der Waals surface area contributed by atoms with Crippen molar-refractivity contribution in [3.8, 4) is 0 Å². The van der Waals surface area contributed by atoms with Crippen molar-refractivity contribution in [2.24, 2.45) is 0 Å². The Balaban J connectivity index is 2.51. The number of rotatable bonds is 11. The Morgan fingerprint density at radius 3 is 2.42 bits per heavy atom. The summed E-state index contributed by atoms with van der Waals surface area (Å²) in [5, 5.41) is 0. The van der Waals surface area contributed by atoms with E-state index in [1.54, 1.807) is 13.8 Å². The number of nitrogens with zero attached hydrogens (tertiary/aromatic N) is 2. The van der Waals surface area contributed by atoms with Crippen LogP contribution in [0.3, 0.4) is 0 Å². The van der Waals surface area contributed by atoms with E-state index in [1.807, 2.05) is 6.92 Å². The minimum atomic E-state index is -3.73. The first-order valence-electron chi connectivity index (χ1n) is 10.6. The summed E-state index contributed by atoms with van der Waals surface area (Å²) in [6.07, 6.45) is 1.45. The van der Waals surface area contributed by atoms with Gasteiger partial charge in [0.05, 0.1) is 11.5 Å². The smallest absolute Gasteiger partial charge is 0.330 e. The van der Waals surface area contributed by atoms with Gasteiger partial charge in [0.1, 0.15) is 5.82 Å². The first-order chi connectivity index (χ1) is 15.5. The van der Waals surface area contributed by atoms with Gasteiger partial charge < -0.3 is 10.5 Å². The van der Waals surface area contributed by atoms with Gasteiger partial charge in [-0.3, -0.25) is 24.0 Å². The Hall–Kier alpha value is -2.96. The Morgan fingerprint density at radius 2 is 1.88 bits per heavy atom. The summed E-state index contributed by atoms with van der Waals surface area (Å²) in [5.74, 6) is -0.715. The summed E-state index contributed by atoms with van der Waals surface area (Å²) in [6.45, 7) is 5.72. The normalized spacial score (nSPS) is 11.7. The fourth-order valence-corrected chi connectivity index (χ4v) is 4.44. The SMILES string of the molecule is CCCCn1c(N)c(N(CCOC)C(=O)c2ccc(S(=O)(=O)NC(C)C)cc2)c(=O)[nH]c1=O. The largest absolute Gasteiger partial charge is 0.383 e. The van der Waals surface area contributed by atoms with Crippen LogP contribution in [0.1, 0.15) is 44.0 Å². The first kappa shape index (κ1) is 26.3. The van der Waals surface area contributed by atoms with E-state index in [0.29, 0.717) is 6.42 Å². The van der Waals surface area contributed by atoms with E-state index in [2.05, 4.69) is 9.71 Å². The highest BCUT2D eigenvalue weighted by atomic mass is 32.2. The van der Waals surface area contributed by atoms with Crippen molar-refractivity contribution >= 4 is 27.4 Å². The number of carbonyl (C=O) groups is 1. The van der Waals surface area contributed by atoms with Gasteiger partial charge in [0, 0.05) is 31.8 Å². The number of benzene rings is 1. The summed E-state index contributed by atoms with van der Waals surface area (Å²) >= 11 is 0. The molecule has 1 amide bonds. The van der Waals surface area contributed by atoms with Crippen LogP contribution in [0.5, 0.6) is 0 Å². The van der Waals surface area contributed by atoms with Crippen LogP contribution in [0, 0.1) is 0 Å². The molecule has 0 bridgehead atoms. The summed E-state index contributed by atoms with van der Waals surface area (Å²) in [6, 6.07) is 5.03.